The smallest absolute Gasteiger partial charge is 0.323 e. The maximum absolute atomic E-state index is 12.0. The van der Waals surface area contributed by atoms with Crippen LogP contribution in [-0.4, -0.2) is 25.2 Å². The third-order valence-electron chi connectivity index (χ3n) is 3.19. The molecule has 3 amide bonds. The van der Waals surface area contributed by atoms with Gasteiger partial charge in [0.15, 0.2) is 0 Å². The summed E-state index contributed by atoms with van der Waals surface area (Å²) in [5.41, 5.74) is 1.68. The van der Waals surface area contributed by atoms with Gasteiger partial charge in [-0.15, -0.1) is 0 Å². The molecule has 0 spiro atoms. The van der Waals surface area contributed by atoms with Crippen LogP contribution < -0.4 is 16.0 Å². The van der Waals surface area contributed by atoms with E-state index in [0.29, 0.717) is 22.1 Å². The van der Waals surface area contributed by atoms with Crippen molar-refractivity contribution in [2.75, 3.05) is 23.1 Å². The van der Waals surface area contributed by atoms with Gasteiger partial charge in [0, 0.05) is 29.2 Å². The van der Waals surface area contributed by atoms with Crippen LogP contribution in [0.4, 0.5) is 21.9 Å². The Morgan fingerprint density at radius 2 is 1.50 bits per heavy atom. The van der Waals surface area contributed by atoms with Crippen LogP contribution in [0.25, 0.3) is 0 Å². The van der Waals surface area contributed by atoms with E-state index in [4.69, 9.17) is 16.3 Å². The van der Waals surface area contributed by atoms with E-state index < -0.39 is 12.1 Å². The second-order valence-electron chi connectivity index (χ2n) is 5.04. The van der Waals surface area contributed by atoms with Gasteiger partial charge in [0.1, 0.15) is 6.10 Å². The molecule has 0 heterocycles. The molecule has 0 aromatic heterocycles. The highest BCUT2D eigenvalue weighted by Gasteiger charge is 2.12. The molecule has 0 aliphatic rings. The van der Waals surface area contributed by atoms with Crippen molar-refractivity contribution in [2.45, 2.75) is 13.0 Å². The normalized spacial score (nSPS) is 11.5. The molecule has 0 fully saturated rings. The molecular formula is C17H18ClN3O3. The van der Waals surface area contributed by atoms with Crippen LogP contribution in [0.2, 0.25) is 5.02 Å². The number of benzene rings is 2. The molecule has 0 saturated heterocycles. The lowest BCUT2D eigenvalue weighted by molar-refractivity contribution is -0.124. The summed E-state index contributed by atoms with van der Waals surface area (Å²) in [4.78, 5) is 23.8. The number of carbonyl (C=O) groups is 2. The van der Waals surface area contributed by atoms with E-state index in [-0.39, 0.29) is 5.91 Å². The average molecular weight is 348 g/mol. The van der Waals surface area contributed by atoms with Gasteiger partial charge in [-0.05, 0) is 43.3 Å². The fourth-order valence-corrected chi connectivity index (χ4v) is 2.08. The predicted octanol–water partition coefficient (Wildman–Crippen LogP) is 3.96. The number of amides is 3. The number of hydrogen-bond donors (Lipinski definition) is 3. The first kappa shape index (κ1) is 17.8. The Kier molecular flexibility index (Phi) is 6.17. The Labute approximate surface area is 145 Å². The fraction of sp³-hybridized carbons (Fsp3) is 0.176. The van der Waals surface area contributed by atoms with Gasteiger partial charge >= 0.3 is 6.03 Å². The highest BCUT2D eigenvalue weighted by Crippen LogP contribution is 2.17. The number of halogens is 1. The number of ether oxygens (including phenoxy) is 1. The first-order valence-corrected chi connectivity index (χ1v) is 7.63. The quantitative estimate of drug-likeness (QED) is 0.766. The number of nitrogens with one attached hydrogen (secondary N) is 3. The van der Waals surface area contributed by atoms with E-state index in [1.165, 1.54) is 7.11 Å². The minimum atomic E-state index is -0.562. The molecule has 0 aliphatic heterocycles. The van der Waals surface area contributed by atoms with Crippen molar-refractivity contribution in [3.8, 4) is 0 Å². The van der Waals surface area contributed by atoms with Crippen molar-refractivity contribution in [2.24, 2.45) is 0 Å². The highest BCUT2D eigenvalue weighted by atomic mass is 35.5. The molecule has 0 unspecified atom stereocenters. The number of hydrogen-bond acceptors (Lipinski definition) is 3. The Bertz CT molecular complexity index is 737. The maximum atomic E-state index is 12.0. The topological polar surface area (TPSA) is 79.5 Å². The zero-order chi connectivity index (χ0) is 17.5. The molecule has 2 aromatic carbocycles. The summed E-state index contributed by atoms with van der Waals surface area (Å²) in [6.07, 6.45) is -0.562. The van der Waals surface area contributed by atoms with Crippen molar-refractivity contribution in [3.63, 3.8) is 0 Å². The van der Waals surface area contributed by atoms with Crippen LogP contribution >= 0.6 is 11.6 Å². The number of carbonyl (C=O) groups excluding carboxylic acids is 2. The summed E-state index contributed by atoms with van der Waals surface area (Å²) >= 11 is 5.87. The lowest BCUT2D eigenvalue weighted by atomic mass is 10.2. The first-order chi connectivity index (χ1) is 11.5. The number of urea groups is 1. The summed E-state index contributed by atoms with van der Waals surface area (Å²) in [5.74, 6) is -0.266. The van der Waals surface area contributed by atoms with E-state index in [2.05, 4.69) is 16.0 Å². The molecule has 0 saturated carbocycles. The van der Waals surface area contributed by atoms with Gasteiger partial charge in [-0.1, -0.05) is 23.7 Å². The fourth-order valence-electron chi connectivity index (χ4n) is 1.89. The molecule has 24 heavy (non-hydrogen) atoms. The van der Waals surface area contributed by atoms with Gasteiger partial charge in [-0.25, -0.2) is 4.79 Å². The summed E-state index contributed by atoms with van der Waals surface area (Å²) < 4.78 is 4.95. The Hall–Kier alpha value is -2.57. The highest BCUT2D eigenvalue weighted by molar-refractivity contribution is 6.30. The second kappa shape index (κ2) is 8.33. The van der Waals surface area contributed by atoms with Crippen molar-refractivity contribution >= 4 is 40.6 Å². The standard InChI is InChI=1S/C17H18ClN3O3/c1-11(24-2)16(22)19-14-7-4-8-15(10-14)21-17(23)20-13-6-3-5-12(18)9-13/h3-11H,1-2H3,(H,19,22)(H2,20,21,23)/t11-/m0/s1. The van der Waals surface area contributed by atoms with Gasteiger partial charge in [0.2, 0.25) is 0 Å². The summed E-state index contributed by atoms with van der Waals surface area (Å²) in [6, 6.07) is 13.2. The maximum Gasteiger partial charge on any atom is 0.323 e. The molecule has 0 radical (unpaired) electrons. The van der Waals surface area contributed by atoms with Crippen LogP contribution in [0.3, 0.4) is 0 Å². The minimum absolute atomic E-state index is 0.266. The van der Waals surface area contributed by atoms with Crippen LogP contribution in [0.15, 0.2) is 48.5 Å². The van der Waals surface area contributed by atoms with E-state index in [1.807, 2.05) is 0 Å². The van der Waals surface area contributed by atoms with Crippen molar-refractivity contribution < 1.29 is 14.3 Å². The van der Waals surface area contributed by atoms with Crippen molar-refractivity contribution in [1.82, 2.24) is 0 Å². The molecule has 0 aliphatic carbocycles. The minimum Gasteiger partial charge on any atom is -0.372 e. The molecule has 6 nitrogen and oxygen atoms in total. The van der Waals surface area contributed by atoms with Gasteiger partial charge in [-0.3, -0.25) is 4.79 Å². The number of anilines is 3. The van der Waals surface area contributed by atoms with Crippen LogP contribution in [0.1, 0.15) is 6.92 Å². The largest absolute Gasteiger partial charge is 0.372 e. The summed E-state index contributed by atoms with van der Waals surface area (Å²) in [6.45, 7) is 1.65. The van der Waals surface area contributed by atoms with Crippen LogP contribution in [-0.2, 0) is 9.53 Å². The molecular weight excluding hydrogens is 330 g/mol. The molecule has 2 rings (SSSR count). The zero-order valence-electron chi connectivity index (χ0n) is 13.3. The molecule has 3 N–H and O–H groups in total. The Morgan fingerprint density at radius 3 is 2.08 bits per heavy atom. The number of methoxy groups -OCH3 is 1. The molecule has 1 atom stereocenters. The van der Waals surface area contributed by atoms with Crippen LogP contribution in [0.5, 0.6) is 0 Å². The zero-order valence-corrected chi connectivity index (χ0v) is 14.1. The Balaban J connectivity index is 1.98. The monoisotopic (exact) mass is 347 g/mol. The van der Waals surface area contributed by atoms with E-state index in [1.54, 1.807) is 55.5 Å². The van der Waals surface area contributed by atoms with E-state index in [9.17, 15) is 9.59 Å². The van der Waals surface area contributed by atoms with Crippen LogP contribution in [0, 0.1) is 0 Å². The summed E-state index contributed by atoms with van der Waals surface area (Å²) in [5, 5.41) is 8.61. The molecule has 2 aromatic rings. The average Bonchev–Trinajstić information content (AvgIpc) is 2.54. The van der Waals surface area contributed by atoms with Gasteiger partial charge in [0.25, 0.3) is 5.91 Å². The van der Waals surface area contributed by atoms with Gasteiger partial charge in [-0.2, -0.15) is 0 Å². The van der Waals surface area contributed by atoms with Crippen molar-refractivity contribution in [1.29, 1.82) is 0 Å². The lowest BCUT2D eigenvalue weighted by Gasteiger charge is -2.12. The number of rotatable bonds is 5. The van der Waals surface area contributed by atoms with Gasteiger partial charge in [0.05, 0.1) is 0 Å². The predicted molar refractivity (Wildman–Crippen MR) is 95.6 cm³/mol. The third-order valence-corrected chi connectivity index (χ3v) is 3.43. The SMILES string of the molecule is CO[C@@H](C)C(=O)Nc1cccc(NC(=O)Nc2cccc(Cl)c2)c1. The second-order valence-corrected chi connectivity index (χ2v) is 5.47. The van der Waals surface area contributed by atoms with Gasteiger partial charge < -0.3 is 20.7 Å². The molecule has 7 heteroatoms. The molecule has 0 bridgehead atoms. The van der Waals surface area contributed by atoms with Crippen molar-refractivity contribution in [3.05, 3.63) is 53.6 Å². The Morgan fingerprint density at radius 1 is 0.958 bits per heavy atom. The summed E-state index contributed by atoms with van der Waals surface area (Å²) in [7, 11) is 1.46. The van der Waals surface area contributed by atoms with E-state index in [0.717, 1.165) is 0 Å². The molecule has 126 valence electrons. The third kappa shape index (κ3) is 5.26. The lowest BCUT2D eigenvalue weighted by Crippen LogP contribution is -2.26. The van der Waals surface area contributed by atoms with E-state index >= 15 is 0 Å². The first-order valence-electron chi connectivity index (χ1n) is 7.25.